The number of aromatic nitrogens is 3. The maximum absolute atomic E-state index is 16.0. The smallest absolute Gasteiger partial charge is 0.246 e. The van der Waals surface area contributed by atoms with Crippen LogP contribution in [-0.4, -0.2) is 71.4 Å². The van der Waals surface area contributed by atoms with Crippen molar-refractivity contribution in [3.63, 3.8) is 0 Å². The van der Waals surface area contributed by atoms with Crippen molar-refractivity contribution in [2.75, 3.05) is 41.0 Å². The Bertz CT molecular complexity index is 1920. The van der Waals surface area contributed by atoms with Crippen LogP contribution in [0.1, 0.15) is 24.2 Å². The molecule has 1 atom stereocenters. The van der Waals surface area contributed by atoms with Gasteiger partial charge in [-0.1, -0.05) is 30.8 Å². The van der Waals surface area contributed by atoms with E-state index in [-0.39, 0.29) is 36.5 Å². The summed E-state index contributed by atoms with van der Waals surface area (Å²) in [5, 5.41) is 7.70. The fraction of sp³-hybridized carbons (Fsp3) is 0.286. The minimum Gasteiger partial charge on any atom is -0.490 e. The minimum absolute atomic E-state index is 0.0492. The molecule has 8 nitrogen and oxygen atoms in total. The molecule has 238 valence electrons. The second kappa shape index (κ2) is 13.1. The van der Waals surface area contributed by atoms with E-state index < -0.39 is 11.6 Å². The Balaban J connectivity index is 1.60. The van der Waals surface area contributed by atoms with E-state index in [1.807, 2.05) is 55.3 Å². The molecule has 4 heterocycles. The molecule has 46 heavy (non-hydrogen) atoms. The first-order valence-corrected chi connectivity index (χ1v) is 15.9. The minimum atomic E-state index is -0.772. The average molecular weight is 644 g/mol. The molecule has 3 aromatic heterocycles. The highest BCUT2D eigenvalue weighted by Crippen LogP contribution is 2.47. The number of hydrogen-bond acceptors (Lipinski definition) is 7. The Morgan fingerprint density at radius 1 is 1.09 bits per heavy atom. The number of pyridine rings is 1. The highest BCUT2D eigenvalue weighted by atomic mass is 32.1. The Morgan fingerprint density at radius 2 is 1.87 bits per heavy atom. The molecule has 0 bridgehead atoms. The lowest BCUT2D eigenvalue weighted by atomic mass is 9.96. The summed E-state index contributed by atoms with van der Waals surface area (Å²) in [6.45, 7) is 7.68. The van der Waals surface area contributed by atoms with Crippen LogP contribution in [0.3, 0.4) is 0 Å². The molecule has 1 aliphatic rings. The normalized spacial score (nSPS) is 14.6. The van der Waals surface area contributed by atoms with Crippen LogP contribution >= 0.6 is 11.3 Å². The molecule has 0 radical (unpaired) electrons. The maximum Gasteiger partial charge on any atom is 0.246 e. The maximum atomic E-state index is 16.0. The van der Waals surface area contributed by atoms with Gasteiger partial charge in [0, 0.05) is 53.5 Å². The third-order valence-electron chi connectivity index (χ3n) is 8.11. The fourth-order valence-electron chi connectivity index (χ4n) is 5.97. The molecule has 1 amide bonds. The zero-order valence-electron chi connectivity index (χ0n) is 26.2. The van der Waals surface area contributed by atoms with Crippen LogP contribution in [0, 0.1) is 11.6 Å². The summed E-state index contributed by atoms with van der Waals surface area (Å²) < 4.78 is 44.3. The van der Waals surface area contributed by atoms with E-state index in [0.29, 0.717) is 30.0 Å². The number of halogens is 2. The quantitative estimate of drug-likeness (QED) is 0.121. The molecular weight excluding hydrogens is 608 g/mol. The van der Waals surface area contributed by atoms with Gasteiger partial charge >= 0.3 is 0 Å². The van der Waals surface area contributed by atoms with E-state index in [1.165, 1.54) is 30.6 Å². The van der Waals surface area contributed by atoms with Crippen LogP contribution < -0.4 is 4.74 Å². The number of fused-ring (bicyclic) bond motifs is 2. The summed E-state index contributed by atoms with van der Waals surface area (Å²) in [6.07, 6.45) is 1.31. The summed E-state index contributed by atoms with van der Waals surface area (Å²) in [5.41, 5.74) is 5.10. The molecule has 5 aromatic rings. The largest absolute Gasteiger partial charge is 0.490 e. The topological polar surface area (TPSA) is 72.7 Å². The van der Waals surface area contributed by atoms with Gasteiger partial charge < -0.3 is 19.3 Å². The number of nitrogens with zero attached hydrogens (tertiary/aromatic N) is 5. The van der Waals surface area contributed by atoms with Crippen LogP contribution in [0.15, 0.2) is 66.6 Å². The lowest BCUT2D eigenvalue weighted by molar-refractivity contribution is -0.129. The van der Waals surface area contributed by atoms with Crippen molar-refractivity contribution in [2.24, 2.45) is 0 Å². The predicted octanol–water partition coefficient (Wildman–Crippen LogP) is 6.95. The van der Waals surface area contributed by atoms with Gasteiger partial charge in [0.1, 0.15) is 35.4 Å². The summed E-state index contributed by atoms with van der Waals surface area (Å²) in [6, 6.07) is 13.9. The third kappa shape index (κ3) is 5.93. The van der Waals surface area contributed by atoms with E-state index in [9.17, 15) is 9.18 Å². The number of benzene rings is 2. The van der Waals surface area contributed by atoms with Gasteiger partial charge in [-0.05, 0) is 50.2 Å². The number of ether oxygens (including phenoxy) is 2. The van der Waals surface area contributed by atoms with Crippen molar-refractivity contribution < 1.29 is 23.0 Å². The number of thiophene rings is 1. The first-order chi connectivity index (χ1) is 22.2. The van der Waals surface area contributed by atoms with Crippen molar-refractivity contribution in [1.29, 1.82) is 0 Å². The van der Waals surface area contributed by atoms with Crippen LogP contribution in [0.2, 0.25) is 0 Å². The second-order valence-corrected chi connectivity index (χ2v) is 12.4. The number of carbonyl (C=O) groups excluding carboxylic acids is 1. The van der Waals surface area contributed by atoms with Gasteiger partial charge in [-0.15, -0.1) is 11.3 Å². The first kappa shape index (κ1) is 31.5. The van der Waals surface area contributed by atoms with Gasteiger partial charge in [-0.3, -0.25) is 9.48 Å². The average Bonchev–Trinajstić information content (AvgIpc) is 3.69. The number of hydrogen-bond donors (Lipinski definition) is 0. The van der Waals surface area contributed by atoms with Gasteiger partial charge in [0.05, 0.1) is 36.1 Å². The lowest BCUT2D eigenvalue weighted by Gasteiger charge is -2.33. The van der Waals surface area contributed by atoms with Gasteiger partial charge in [0.15, 0.2) is 0 Å². The third-order valence-corrected chi connectivity index (χ3v) is 9.04. The van der Waals surface area contributed by atoms with Crippen LogP contribution in [0.25, 0.3) is 43.9 Å². The van der Waals surface area contributed by atoms with Crippen molar-refractivity contribution in [2.45, 2.75) is 26.1 Å². The number of amides is 1. The van der Waals surface area contributed by atoms with E-state index in [2.05, 4.69) is 23.6 Å². The lowest BCUT2D eigenvalue weighted by Crippen LogP contribution is -2.40. The number of carbonyl (C=O) groups is 1. The Morgan fingerprint density at radius 3 is 2.59 bits per heavy atom. The van der Waals surface area contributed by atoms with Crippen LogP contribution in [0.5, 0.6) is 5.75 Å². The van der Waals surface area contributed by atoms with Crippen LogP contribution in [0.4, 0.5) is 8.78 Å². The number of methoxy groups -OCH3 is 1. The summed E-state index contributed by atoms with van der Waals surface area (Å²) in [5.74, 6) is -1.64. The van der Waals surface area contributed by atoms with Crippen molar-refractivity contribution in [1.82, 2.24) is 24.6 Å². The molecule has 0 saturated heterocycles. The van der Waals surface area contributed by atoms with Crippen LogP contribution in [-0.2, 0) is 22.6 Å². The Labute approximate surface area is 270 Å². The Kier molecular flexibility index (Phi) is 8.99. The zero-order valence-corrected chi connectivity index (χ0v) is 27.0. The van der Waals surface area contributed by atoms with E-state index in [1.54, 1.807) is 4.90 Å². The molecule has 0 aliphatic carbocycles. The first-order valence-electron chi connectivity index (χ1n) is 15.0. The molecule has 6 rings (SSSR count). The molecular formula is C35H35F2N5O3S. The SMILES string of the molecule is C=CC(=O)N1CCn2nc(-c3nc(-c4ccc(CN(C)C)cc4)c4ccsc4c3-c3c(F)cc(F)cc3OCCOC)cc2C1C. The van der Waals surface area contributed by atoms with E-state index in [4.69, 9.17) is 19.6 Å². The van der Waals surface area contributed by atoms with E-state index in [0.717, 1.165) is 45.2 Å². The van der Waals surface area contributed by atoms with Gasteiger partial charge in [-0.25, -0.2) is 13.8 Å². The molecule has 0 saturated carbocycles. The molecule has 1 aliphatic heterocycles. The Hall–Kier alpha value is -4.45. The molecule has 0 N–H and O–H groups in total. The second-order valence-electron chi connectivity index (χ2n) is 11.5. The molecule has 2 aromatic carbocycles. The molecule has 0 spiro atoms. The predicted molar refractivity (Wildman–Crippen MR) is 177 cm³/mol. The summed E-state index contributed by atoms with van der Waals surface area (Å²) in [4.78, 5) is 21.6. The van der Waals surface area contributed by atoms with Gasteiger partial charge in [0.2, 0.25) is 5.91 Å². The summed E-state index contributed by atoms with van der Waals surface area (Å²) >= 11 is 1.44. The highest BCUT2D eigenvalue weighted by molar-refractivity contribution is 7.18. The molecule has 1 unspecified atom stereocenters. The molecule has 0 fully saturated rings. The van der Waals surface area contributed by atoms with Gasteiger partial charge in [-0.2, -0.15) is 5.10 Å². The molecule has 11 heteroatoms. The highest BCUT2D eigenvalue weighted by Gasteiger charge is 2.31. The van der Waals surface area contributed by atoms with Crippen molar-refractivity contribution in [3.8, 4) is 39.5 Å². The standard InChI is InChI=1S/C35H35F2N5O3S/c1-6-30(43)41-12-13-42-28(21(41)2)19-27(39-42)34-32(31-26(37)17-24(36)18-29(31)45-15-14-44-5)35-25(11-16-46-35)33(38-34)23-9-7-22(8-10-23)20-40(3)4/h6-11,16-19,21H,1,12-15,20H2,2-5H3. The summed E-state index contributed by atoms with van der Waals surface area (Å²) in [7, 11) is 5.58. The van der Waals surface area contributed by atoms with Crippen molar-refractivity contribution >= 4 is 27.3 Å². The number of rotatable bonds is 10. The fourth-order valence-corrected chi connectivity index (χ4v) is 6.92. The van der Waals surface area contributed by atoms with Crippen molar-refractivity contribution in [3.05, 3.63) is 89.5 Å². The van der Waals surface area contributed by atoms with Gasteiger partial charge in [0.25, 0.3) is 0 Å². The van der Waals surface area contributed by atoms with E-state index >= 15 is 4.39 Å². The zero-order chi connectivity index (χ0) is 32.5. The monoisotopic (exact) mass is 643 g/mol.